The van der Waals surface area contributed by atoms with E-state index in [1.165, 1.54) is 12.1 Å². The van der Waals surface area contributed by atoms with Gasteiger partial charge in [-0.2, -0.15) is 0 Å². The molecule has 3 heterocycles. The molecule has 2 amide bonds. The summed E-state index contributed by atoms with van der Waals surface area (Å²) >= 11 is 5.85. The van der Waals surface area contributed by atoms with Crippen LogP contribution in [0.1, 0.15) is 53.7 Å². The minimum absolute atomic E-state index is 0. The molecular formula is C24H25Cl2F3N4O2. The van der Waals surface area contributed by atoms with Gasteiger partial charge in [-0.3, -0.25) is 14.6 Å². The third-order valence-electron chi connectivity index (χ3n) is 7.23. The number of halogens is 5. The minimum Gasteiger partial charge on any atom is -0.349 e. The highest BCUT2D eigenvalue weighted by atomic mass is 35.5. The van der Waals surface area contributed by atoms with Crippen molar-refractivity contribution in [3.8, 4) is 0 Å². The Morgan fingerprint density at radius 1 is 1.26 bits per heavy atom. The Morgan fingerprint density at radius 3 is 2.60 bits per heavy atom. The monoisotopic (exact) mass is 528 g/mol. The maximum absolute atomic E-state index is 14.6. The second kappa shape index (κ2) is 9.95. The first-order valence-electron chi connectivity index (χ1n) is 11.4. The van der Waals surface area contributed by atoms with Gasteiger partial charge in [0.1, 0.15) is 16.9 Å². The van der Waals surface area contributed by atoms with Crippen LogP contribution < -0.4 is 15.5 Å². The van der Waals surface area contributed by atoms with Crippen molar-refractivity contribution in [1.82, 2.24) is 15.6 Å². The van der Waals surface area contributed by atoms with Crippen LogP contribution in [-0.2, 0) is 10.2 Å². The Labute approximate surface area is 212 Å². The number of fused-ring (bicyclic) bond motifs is 2. The van der Waals surface area contributed by atoms with Crippen LogP contribution in [0.25, 0.3) is 0 Å². The van der Waals surface area contributed by atoms with Crippen LogP contribution in [0.15, 0.2) is 30.5 Å². The SMILES string of the molecule is Cl.O=C(N[C@H]1CC[C@H](CN2C(=O)C3(CNC3)c3c(F)cccc32)CC1)c1cc(Cl)cnc1C(F)F. The molecule has 1 aromatic carbocycles. The first kappa shape index (κ1) is 25.7. The van der Waals surface area contributed by atoms with E-state index in [1.807, 2.05) is 0 Å². The number of hydrogen-bond acceptors (Lipinski definition) is 4. The van der Waals surface area contributed by atoms with Gasteiger partial charge in [-0.15, -0.1) is 12.4 Å². The fourth-order valence-electron chi connectivity index (χ4n) is 5.39. The van der Waals surface area contributed by atoms with Crippen molar-refractivity contribution in [1.29, 1.82) is 0 Å². The van der Waals surface area contributed by atoms with Crippen molar-refractivity contribution in [3.05, 3.63) is 58.1 Å². The van der Waals surface area contributed by atoms with Crippen molar-refractivity contribution in [2.45, 2.75) is 43.6 Å². The Balaban J connectivity index is 0.00000289. The van der Waals surface area contributed by atoms with Crippen LogP contribution in [0.3, 0.4) is 0 Å². The normalized spacial score (nSPS) is 22.5. The smallest absolute Gasteiger partial charge is 0.281 e. The molecule has 1 aliphatic carbocycles. The summed E-state index contributed by atoms with van der Waals surface area (Å²) in [6.07, 6.45) is 1.02. The molecule has 0 radical (unpaired) electrons. The number of carbonyl (C=O) groups is 2. The number of aromatic nitrogens is 1. The summed E-state index contributed by atoms with van der Waals surface area (Å²) in [4.78, 5) is 31.2. The Morgan fingerprint density at radius 2 is 1.97 bits per heavy atom. The molecule has 188 valence electrons. The van der Waals surface area contributed by atoms with Crippen molar-refractivity contribution in [2.24, 2.45) is 5.92 Å². The number of anilines is 1. The lowest BCUT2D eigenvalue weighted by molar-refractivity contribution is -0.125. The predicted octanol–water partition coefficient (Wildman–Crippen LogP) is 4.41. The molecule has 2 fully saturated rings. The zero-order chi connectivity index (χ0) is 24.0. The molecule has 0 unspecified atom stereocenters. The largest absolute Gasteiger partial charge is 0.349 e. The summed E-state index contributed by atoms with van der Waals surface area (Å²) in [6, 6.07) is 5.87. The highest BCUT2D eigenvalue weighted by Crippen LogP contribution is 2.46. The van der Waals surface area contributed by atoms with Crippen molar-refractivity contribution in [2.75, 3.05) is 24.5 Å². The van der Waals surface area contributed by atoms with Crippen LogP contribution in [-0.4, -0.2) is 42.5 Å². The standard InChI is InChI=1S/C24H24ClF3N4O2.ClH/c25-14-8-16(20(21(27)28)30-9-14)22(33)31-15-6-4-13(5-7-15)10-32-18-3-1-2-17(26)19(18)24(23(32)34)11-29-12-24;/h1-3,8-9,13,15,21,29H,4-7,10-12H2,(H,31,33);1H/t13-,15-;. The minimum atomic E-state index is -2.88. The van der Waals surface area contributed by atoms with Crippen molar-refractivity contribution in [3.63, 3.8) is 0 Å². The Hall–Kier alpha value is -2.36. The van der Waals surface area contributed by atoms with Crippen LogP contribution >= 0.6 is 24.0 Å². The van der Waals surface area contributed by atoms with Gasteiger partial charge in [0.15, 0.2) is 0 Å². The number of carbonyl (C=O) groups excluding carboxylic acids is 2. The number of amides is 2. The molecule has 0 bridgehead atoms. The molecule has 2 aromatic rings. The van der Waals surface area contributed by atoms with Gasteiger partial charge in [-0.25, -0.2) is 13.2 Å². The van der Waals surface area contributed by atoms with E-state index in [0.29, 0.717) is 43.7 Å². The van der Waals surface area contributed by atoms with Crippen LogP contribution in [0.4, 0.5) is 18.9 Å². The molecule has 3 aliphatic rings. The summed E-state index contributed by atoms with van der Waals surface area (Å²) in [7, 11) is 0. The highest BCUT2D eigenvalue weighted by Gasteiger charge is 2.56. The van der Waals surface area contributed by atoms with E-state index < -0.39 is 23.4 Å². The fourth-order valence-corrected chi connectivity index (χ4v) is 5.54. The molecule has 11 heteroatoms. The van der Waals surface area contributed by atoms with Gasteiger partial charge < -0.3 is 15.5 Å². The number of nitrogens with zero attached hydrogens (tertiary/aromatic N) is 2. The van der Waals surface area contributed by atoms with Crippen molar-refractivity contribution < 1.29 is 22.8 Å². The quantitative estimate of drug-likeness (QED) is 0.602. The maximum atomic E-state index is 14.6. The summed E-state index contributed by atoms with van der Waals surface area (Å²) in [6.45, 7) is 1.37. The Kier molecular flexibility index (Phi) is 7.31. The van der Waals surface area contributed by atoms with Gasteiger partial charge in [-0.05, 0) is 49.8 Å². The number of alkyl halides is 2. The first-order valence-corrected chi connectivity index (χ1v) is 11.7. The van der Waals surface area contributed by atoms with Crippen LogP contribution in [0.5, 0.6) is 0 Å². The topological polar surface area (TPSA) is 74.3 Å². The number of hydrogen-bond donors (Lipinski definition) is 2. The Bertz CT molecular complexity index is 1140. The molecule has 1 saturated carbocycles. The van der Waals surface area contributed by atoms with Crippen LogP contribution in [0.2, 0.25) is 5.02 Å². The highest BCUT2D eigenvalue weighted by molar-refractivity contribution is 6.30. The van der Waals surface area contributed by atoms with E-state index in [0.717, 1.165) is 19.0 Å². The van der Waals surface area contributed by atoms with E-state index >= 15 is 0 Å². The second-order valence-electron chi connectivity index (χ2n) is 9.31. The van der Waals surface area contributed by atoms with Gasteiger partial charge in [0.05, 0.1) is 16.3 Å². The molecule has 1 saturated heterocycles. The number of rotatable bonds is 5. The molecule has 1 spiro atoms. The summed E-state index contributed by atoms with van der Waals surface area (Å²) in [5, 5.41) is 6.05. The van der Waals surface area contributed by atoms with E-state index in [4.69, 9.17) is 11.6 Å². The summed E-state index contributed by atoms with van der Waals surface area (Å²) in [5.74, 6) is -0.831. The van der Waals surface area contributed by atoms with Gasteiger partial charge in [0, 0.05) is 37.4 Å². The maximum Gasteiger partial charge on any atom is 0.281 e. The number of benzene rings is 1. The zero-order valence-corrected chi connectivity index (χ0v) is 20.3. The number of pyridine rings is 1. The van der Waals surface area contributed by atoms with Gasteiger partial charge in [-0.1, -0.05) is 17.7 Å². The van der Waals surface area contributed by atoms with Gasteiger partial charge in [0.25, 0.3) is 12.3 Å². The lowest BCUT2D eigenvalue weighted by Crippen LogP contribution is -2.62. The first-order chi connectivity index (χ1) is 16.3. The third kappa shape index (κ3) is 4.49. The van der Waals surface area contributed by atoms with Crippen LogP contribution in [0, 0.1) is 11.7 Å². The number of nitrogens with one attached hydrogen (secondary N) is 2. The zero-order valence-electron chi connectivity index (χ0n) is 18.7. The summed E-state index contributed by atoms with van der Waals surface area (Å²) < 4.78 is 41.1. The lowest BCUT2D eigenvalue weighted by atomic mass is 9.76. The predicted molar refractivity (Wildman–Crippen MR) is 128 cm³/mol. The summed E-state index contributed by atoms with van der Waals surface area (Å²) in [5.41, 5.74) is -0.474. The average Bonchev–Trinajstić information content (AvgIpc) is 3.04. The lowest BCUT2D eigenvalue weighted by Gasteiger charge is -2.38. The molecule has 6 nitrogen and oxygen atoms in total. The van der Waals surface area contributed by atoms with E-state index in [2.05, 4.69) is 15.6 Å². The molecule has 2 aliphatic heterocycles. The second-order valence-corrected chi connectivity index (χ2v) is 9.75. The molecule has 35 heavy (non-hydrogen) atoms. The fraction of sp³-hybridized carbons (Fsp3) is 0.458. The van der Waals surface area contributed by atoms with E-state index in [-0.39, 0.29) is 46.7 Å². The van der Waals surface area contributed by atoms with E-state index in [1.54, 1.807) is 17.0 Å². The molecular weight excluding hydrogens is 504 g/mol. The molecule has 5 rings (SSSR count). The van der Waals surface area contributed by atoms with Gasteiger partial charge >= 0.3 is 0 Å². The average molecular weight is 529 g/mol. The molecule has 1 aromatic heterocycles. The molecule has 2 N–H and O–H groups in total. The van der Waals surface area contributed by atoms with E-state index in [9.17, 15) is 22.8 Å². The third-order valence-corrected chi connectivity index (χ3v) is 7.43. The molecule has 0 atom stereocenters. The van der Waals surface area contributed by atoms with Gasteiger partial charge in [0.2, 0.25) is 5.91 Å². The van der Waals surface area contributed by atoms with Crippen molar-refractivity contribution >= 4 is 41.5 Å².